The van der Waals surface area contributed by atoms with Crippen molar-refractivity contribution in [1.29, 1.82) is 0 Å². The second-order valence-corrected chi connectivity index (χ2v) is 12.1. The highest BCUT2D eigenvalue weighted by molar-refractivity contribution is 7.80. The van der Waals surface area contributed by atoms with E-state index < -0.39 is 6.04 Å². The second-order valence-electron chi connectivity index (χ2n) is 11.6. The van der Waals surface area contributed by atoms with Crippen LogP contribution in [0, 0.1) is 0 Å². The van der Waals surface area contributed by atoms with Crippen LogP contribution in [-0.4, -0.2) is 81.7 Å². The van der Waals surface area contributed by atoms with Crippen LogP contribution in [-0.2, 0) is 22.4 Å². The van der Waals surface area contributed by atoms with Crippen LogP contribution in [0.25, 0.3) is 10.8 Å². The molecule has 1 amide bonds. The summed E-state index contributed by atoms with van der Waals surface area (Å²) >= 11 is 5.48. The average Bonchev–Trinajstić information content (AvgIpc) is 3.04. The summed E-state index contributed by atoms with van der Waals surface area (Å²) in [5.74, 6) is -0.0887. The van der Waals surface area contributed by atoms with Crippen molar-refractivity contribution in [3.05, 3.63) is 77.9 Å². The Morgan fingerprint density at radius 3 is 2.33 bits per heavy atom. The highest BCUT2D eigenvalue weighted by Crippen LogP contribution is 2.17. The SMILES string of the molecule is O=CC(Cc1ccc2ccccc2c1)NC(=O)CCCCCNC(=S)Nc1ccc(CC2CNCCNCCNCCN2)cc1. The summed E-state index contributed by atoms with van der Waals surface area (Å²) in [4.78, 5) is 24.1. The van der Waals surface area contributed by atoms with Crippen LogP contribution in [0.1, 0.15) is 36.8 Å². The number of carbonyl (C=O) groups excluding carboxylic acids is 2. The fourth-order valence-corrected chi connectivity index (χ4v) is 5.69. The summed E-state index contributed by atoms with van der Waals surface area (Å²) in [5, 5.41) is 26.4. The lowest BCUT2D eigenvalue weighted by Crippen LogP contribution is -2.46. The van der Waals surface area contributed by atoms with Gasteiger partial charge in [-0.2, -0.15) is 0 Å². The molecule has 2 atom stereocenters. The van der Waals surface area contributed by atoms with Crippen molar-refractivity contribution in [1.82, 2.24) is 31.9 Å². The summed E-state index contributed by atoms with van der Waals surface area (Å²) < 4.78 is 0. The third-order valence-corrected chi connectivity index (χ3v) is 8.17. The first kappa shape index (κ1) is 34.5. The van der Waals surface area contributed by atoms with Crippen LogP contribution in [0.4, 0.5) is 5.69 Å². The lowest BCUT2D eigenvalue weighted by Gasteiger charge is -2.21. The Morgan fingerprint density at radius 2 is 1.56 bits per heavy atom. The molecule has 2 unspecified atom stereocenters. The van der Waals surface area contributed by atoms with Crippen LogP contribution in [0.15, 0.2) is 66.7 Å². The third-order valence-electron chi connectivity index (χ3n) is 7.92. The van der Waals surface area contributed by atoms with Gasteiger partial charge in [-0.05, 0) is 71.9 Å². The molecule has 4 rings (SSSR count). The maximum absolute atomic E-state index is 12.4. The molecular weight excluding hydrogens is 582 g/mol. The van der Waals surface area contributed by atoms with Gasteiger partial charge >= 0.3 is 0 Å². The molecule has 10 heteroatoms. The highest BCUT2D eigenvalue weighted by atomic mass is 32.1. The number of nitrogens with one attached hydrogen (secondary N) is 7. The normalized spacial score (nSPS) is 16.9. The van der Waals surface area contributed by atoms with Gasteiger partial charge in [0.2, 0.25) is 5.91 Å². The van der Waals surface area contributed by atoms with Gasteiger partial charge in [-0.3, -0.25) is 4.79 Å². The molecule has 0 spiro atoms. The van der Waals surface area contributed by atoms with Crippen molar-refractivity contribution in [2.45, 2.75) is 50.6 Å². The van der Waals surface area contributed by atoms with E-state index >= 15 is 0 Å². The van der Waals surface area contributed by atoms with Gasteiger partial charge in [-0.15, -0.1) is 0 Å². The number of hydrogen-bond acceptors (Lipinski definition) is 7. The van der Waals surface area contributed by atoms with E-state index in [1.807, 2.05) is 18.2 Å². The fraction of sp³-hybridized carbons (Fsp3) is 0.457. The largest absolute Gasteiger partial charge is 0.362 e. The Balaban J connectivity index is 1.07. The zero-order valence-corrected chi connectivity index (χ0v) is 27.0. The lowest BCUT2D eigenvalue weighted by molar-refractivity contribution is -0.124. The number of anilines is 1. The molecule has 3 aromatic rings. The summed E-state index contributed by atoms with van der Waals surface area (Å²) in [6.45, 7) is 7.54. The second kappa shape index (κ2) is 19.9. The number of thiocarbonyl (C=S) groups is 1. The quantitative estimate of drug-likeness (QED) is 0.0869. The van der Waals surface area contributed by atoms with E-state index in [1.54, 1.807) is 0 Å². The zero-order chi connectivity index (χ0) is 31.5. The van der Waals surface area contributed by atoms with E-state index in [1.165, 1.54) is 5.56 Å². The number of carbonyl (C=O) groups is 2. The predicted molar refractivity (Wildman–Crippen MR) is 189 cm³/mol. The van der Waals surface area contributed by atoms with Gasteiger partial charge in [0, 0.05) is 70.5 Å². The Labute approximate surface area is 273 Å². The van der Waals surface area contributed by atoms with E-state index in [9.17, 15) is 9.59 Å². The maximum atomic E-state index is 12.4. The molecule has 45 heavy (non-hydrogen) atoms. The lowest BCUT2D eigenvalue weighted by atomic mass is 10.0. The standard InChI is InChI=1S/C35H49N7O2S/c43-26-33(24-28-9-12-29-6-3-4-7-30(29)22-28)41-34(44)8-2-1-5-15-40-35(45)42-31-13-10-27(11-14-31)23-32-25-38-19-18-36-16-17-37-20-21-39-32/h3-4,6-7,9-14,22,26,32-33,36-39H,1-2,5,8,15-21,23-25H2,(H,41,44)(H2,40,42,45). The molecule has 242 valence electrons. The number of rotatable bonds is 13. The van der Waals surface area contributed by atoms with E-state index in [4.69, 9.17) is 12.2 Å². The van der Waals surface area contributed by atoms with E-state index in [0.717, 1.165) is 106 Å². The molecule has 1 aliphatic rings. The number of fused-ring (bicyclic) bond motifs is 1. The molecule has 3 aromatic carbocycles. The van der Waals surface area contributed by atoms with Crippen molar-refractivity contribution in [2.24, 2.45) is 0 Å². The van der Waals surface area contributed by atoms with Gasteiger partial charge in [-0.1, -0.05) is 61.0 Å². The van der Waals surface area contributed by atoms with Gasteiger partial charge < -0.3 is 42.0 Å². The van der Waals surface area contributed by atoms with Gasteiger partial charge in [0.1, 0.15) is 6.29 Å². The summed E-state index contributed by atoms with van der Waals surface area (Å²) in [6, 6.07) is 22.6. The molecular formula is C35H49N7O2S. The monoisotopic (exact) mass is 631 g/mol. The summed E-state index contributed by atoms with van der Waals surface area (Å²) in [6.07, 6.45) is 5.23. The maximum Gasteiger partial charge on any atom is 0.220 e. The van der Waals surface area contributed by atoms with Crippen LogP contribution >= 0.6 is 12.2 Å². The number of amides is 1. The number of hydrogen-bond donors (Lipinski definition) is 7. The fourth-order valence-electron chi connectivity index (χ4n) is 5.47. The van der Waals surface area contributed by atoms with Gasteiger partial charge in [-0.25, -0.2) is 0 Å². The van der Waals surface area contributed by atoms with Crippen molar-refractivity contribution in [3.63, 3.8) is 0 Å². The molecule has 0 aliphatic carbocycles. The molecule has 7 N–H and O–H groups in total. The third kappa shape index (κ3) is 13.2. The molecule has 0 saturated carbocycles. The molecule has 9 nitrogen and oxygen atoms in total. The smallest absolute Gasteiger partial charge is 0.220 e. The average molecular weight is 632 g/mol. The summed E-state index contributed by atoms with van der Waals surface area (Å²) in [7, 11) is 0. The summed E-state index contributed by atoms with van der Waals surface area (Å²) in [5.41, 5.74) is 3.28. The Kier molecular flexibility index (Phi) is 15.2. The Bertz CT molecular complexity index is 1330. The van der Waals surface area contributed by atoms with Crippen molar-refractivity contribution < 1.29 is 9.59 Å². The first-order valence-corrected chi connectivity index (χ1v) is 16.7. The highest BCUT2D eigenvalue weighted by Gasteiger charge is 2.13. The zero-order valence-electron chi connectivity index (χ0n) is 26.2. The van der Waals surface area contributed by atoms with E-state index in [2.05, 4.69) is 85.7 Å². The topological polar surface area (TPSA) is 118 Å². The van der Waals surface area contributed by atoms with Gasteiger partial charge in [0.05, 0.1) is 6.04 Å². The van der Waals surface area contributed by atoms with E-state index in [-0.39, 0.29) is 5.91 Å². The van der Waals surface area contributed by atoms with Gasteiger partial charge in [0.25, 0.3) is 0 Å². The first-order chi connectivity index (χ1) is 22.1. The van der Waals surface area contributed by atoms with Crippen LogP contribution in [0.3, 0.4) is 0 Å². The van der Waals surface area contributed by atoms with Crippen LogP contribution in [0.2, 0.25) is 0 Å². The number of benzene rings is 3. The van der Waals surface area contributed by atoms with Crippen molar-refractivity contribution in [2.75, 3.05) is 57.7 Å². The minimum Gasteiger partial charge on any atom is -0.362 e. The molecule has 1 heterocycles. The minimum absolute atomic E-state index is 0.0887. The Hall–Kier alpha value is -3.41. The molecule has 1 fully saturated rings. The van der Waals surface area contributed by atoms with Crippen molar-refractivity contribution >= 4 is 46.0 Å². The van der Waals surface area contributed by atoms with Crippen LogP contribution in [0.5, 0.6) is 0 Å². The molecule has 0 bridgehead atoms. The molecule has 1 saturated heterocycles. The number of unbranched alkanes of at least 4 members (excludes halogenated alkanes) is 2. The molecule has 0 aromatic heterocycles. The Morgan fingerprint density at radius 1 is 0.844 bits per heavy atom. The van der Waals surface area contributed by atoms with Gasteiger partial charge in [0.15, 0.2) is 5.11 Å². The van der Waals surface area contributed by atoms with Crippen LogP contribution < -0.4 is 37.2 Å². The minimum atomic E-state index is -0.522. The van der Waals surface area contributed by atoms with E-state index in [0.29, 0.717) is 24.0 Å². The molecule has 0 radical (unpaired) electrons. The predicted octanol–water partition coefficient (Wildman–Crippen LogP) is 2.90. The first-order valence-electron chi connectivity index (χ1n) is 16.3. The van der Waals surface area contributed by atoms with Crippen molar-refractivity contribution in [3.8, 4) is 0 Å². The molecule has 1 aliphatic heterocycles. The number of aldehydes is 1.